The van der Waals surface area contributed by atoms with E-state index in [1.165, 1.54) is 4.90 Å². The number of carbonyl (C=O) groups excluding carboxylic acids is 2. The average Bonchev–Trinajstić information content (AvgIpc) is 2.59. The number of amides is 2. The molecule has 24 heavy (non-hydrogen) atoms. The summed E-state index contributed by atoms with van der Waals surface area (Å²) in [4.78, 5) is 26.1. The van der Waals surface area contributed by atoms with E-state index in [4.69, 9.17) is 9.47 Å². The minimum absolute atomic E-state index is 0.0190. The van der Waals surface area contributed by atoms with Crippen LogP contribution in [0, 0.1) is 0 Å². The van der Waals surface area contributed by atoms with Crippen LogP contribution in [0.3, 0.4) is 0 Å². The molecule has 0 radical (unpaired) electrons. The van der Waals surface area contributed by atoms with Gasteiger partial charge in [-0.2, -0.15) is 0 Å². The van der Waals surface area contributed by atoms with Crippen LogP contribution in [0.25, 0.3) is 0 Å². The van der Waals surface area contributed by atoms with Crippen molar-refractivity contribution in [2.45, 2.75) is 39.7 Å². The van der Waals surface area contributed by atoms with Crippen LogP contribution in [-0.4, -0.2) is 49.6 Å². The smallest absolute Gasteiger partial charge is 0.251 e. The summed E-state index contributed by atoms with van der Waals surface area (Å²) in [5, 5.41) is 2.77. The molecule has 1 N–H and O–H groups in total. The van der Waals surface area contributed by atoms with Crippen molar-refractivity contribution in [3.05, 3.63) is 24.3 Å². The quantitative estimate of drug-likeness (QED) is 0.667. The number of likely N-dealkylation sites (N-methyl/N-ethyl adjacent to an activating group) is 1. The molecule has 1 rings (SSSR count). The molecule has 0 bridgehead atoms. The summed E-state index contributed by atoms with van der Waals surface area (Å²) in [6.07, 6.45) is 1.38. The first-order valence-corrected chi connectivity index (χ1v) is 8.36. The molecule has 0 aliphatic heterocycles. The Balaban J connectivity index is 2.60. The molecule has 1 atom stereocenters. The second-order valence-electron chi connectivity index (χ2n) is 5.47. The lowest BCUT2D eigenvalue weighted by molar-refractivity contribution is -0.144. The van der Waals surface area contributed by atoms with Crippen molar-refractivity contribution in [3.63, 3.8) is 0 Å². The Labute approximate surface area is 144 Å². The van der Waals surface area contributed by atoms with Gasteiger partial charge in [-0.1, -0.05) is 25.5 Å². The number of benzene rings is 1. The Bertz CT molecular complexity index is 534. The van der Waals surface area contributed by atoms with Crippen molar-refractivity contribution in [2.24, 2.45) is 0 Å². The molecule has 0 spiro atoms. The summed E-state index contributed by atoms with van der Waals surface area (Å²) in [7, 11) is 1.54. The van der Waals surface area contributed by atoms with E-state index in [0.717, 1.165) is 12.8 Å². The highest BCUT2D eigenvalue weighted by atomic mass is 16.5. The number of ether oxygens (including phenoxy) is 2. The van der Waals surface area contributed by atoms with Crippen LogP contribution in [0.5, 0.6) is 5.75 Å². The van der Waals surface area contributed by atoms with Gasteiger partial charge in [0.1, 0.15) is 11.9 Å². The highest BCUT2D eigenvalue weighted by Crippen LogP contribution is 2.22. The number of hydrogen-bond acceptors (Lipinski definition) is 4. The van der Waals surface area contributed by atoms with Gasteiger partial charge in [0.15, 0.2) is 0 Å². The number of anilines is 1. The normalized spacial score (nSPS) is 11.7. The van der Waals surface area contributed by atoms with E-state index in [2.05, 4.69) is 12.2 Å². The molecule has 0 aliphatic carbocycles. The Kier molecular flexibility index (Phi) is 8.86. The van der Waals surface area contributed by atoms with Gasteiger partial charge in [-0.05, 0) is 32.4 Å². The Hall–Kier alpha value is -2.08. The van der Waals surface area contributed by atoms with Gasteiger partial charge < -0.3 is 19.7 Å². The fourth-order valence-electron chi connectivity index (χ4n) is 2.19. The molecular weight excluding hydrogens is 308 g/mol. The van der Waals surface area contributed by atoms with Crippen LogP contribution < -0.4 is 10.1 Å². The zero-order valence-electron chi connectivity index (χ0n) is 15.0. The monoisotopic (exact) mass is 336 g/mol. The lowest BCUT2D eigenvalue weighted by Gasteiger charge is -2.24. The molecule has 1 aromatic carbocycles. The highest BCUT2D eigenvalue weighted by Gasteiger charge is 2.22. The van der Waals surface area contributed by atoms with Gasteiger partial charge in [0.05, 0.1) is 19.3 Å². The minimum atomic E-state index is -0.546. The first-order chi connectivity index (χ1) is 11.5. The maximum absolute atomic E-state index is 12.4. The van der Waals surface area contributed by atoms with E-state index in [1.807, 2.05) is 19.1 Å². The molecule has 1 unspecified atom stereocenters. The molecule has 0 fully saturated rings. The highest BCUT2D eigenvalue weighted by molar-refractivity contribution is 5.96. The number of carbonyl (C=O) groups is 2. The standard InChI is InChI=1S/C18H28N2O4/c1-5-7-12-24-14(3)18(22)20(6-2)13-17(21)19-15-10-8-9-11-16(15)23-4/h8-11,14H,5-7,12-13H2,1-4H3,(H,19,21). The molecule has 0 saturated heterocycles. The fraction of sp³-hybridized carbons (Fsp3) is 0.556. The van der Waals surface area contributed by atoms with Crippen molar-refractivity contribution in [2.75, 3.05) is 32.1 Å². The van der Waals surface area contributed by atoms with E-state index >= 15 is 0 Å². The lowest BCUT2D eigenvalue weighted by Crippen LogP contribution is -2.43. The number of rotatable bonds is 10. The summed E-state index contributed by atoms with van der Waals surface area (Å²) in [6, 6.07) is 7.16. The third-order valence-corrected chi connectivity index (χ3v) is 3.62. The van der Waals surface area contributed by atoms with Gasteiger partial charge in [-0.15, -0.1) is 0 Å². The first-order valence-electron chi connectivity index (χ1n) is 8.36. The van der Waals surface area contributed by atoms with Gasteiger partial charge in [-0.25, -0.2) is 0 Å². The first kappa shape index (κ1) is 20.0. The SMILES string of the molecule is CCCCOC(C)C(=O)N(CC)CC(=O)Nc1ccccc1OC. The van der Waals surface area contributed by atoms with Gasteiger partial charge in [0.2, 0.25) is 5.91 Å². The van der Waals surface area contributed by atoms with Crippen molar-refractivity contribution < 1.29 is 19.1 Å². The number of nitrogens with one attached hydrogen (secondary N) is 1. The van der Waals surface area contributed by atoms with Crippen LogP contribution in [0.4, 0.5) is 5.69 Å². The van der Waals surface area contributed by atoms with Crippen LogP contribution in [0.1, 0.15) is 33.6 Å². The van der Waals surface area contributed by atoms with Crippen molar-refractivity contribution in [3.8, 4) is 5.75 Å². The van der Waals surface area contributed by atoms with E-state index in [9.17, 15) is 9.59 Å². The fourth-order valence-corrected chi connectivity index (χ4v) is 2.19. The maximum Gasteiger partial charge on any atom is 0.251 e. The number of nitrogens with zero attached hydrogens (tertiary/aromatic N) is 1. The van der Waals surface area contributed by atoms with Crippen molar-refractivity contribution >= 4 is 17.5 Å². The van der Waals surface area contributed by atoms with E-state index < -0.39 is 6.10 Å². The molecule has 134 valence electrons. The van der Waals surface area contributed by atoms with Crippen LogP contribution in [-0.2, 0) is 14.3 Å². The topological polar surface area (TPSA) is 67.9 Å². The second-order valence-corrected chi connectivity index (χ2v) is 5.47. The number of hydrogen-bond donors (Lipinski definition) is 1. The third-order valence-electron chi connectivity index (χ3n) is 3.62. The van der Waals surface area contributed by atoms with Crippen molar-refractivity contribution in [1.82, 2.24) is 4.90 Å². The van der Waals surface area contributed by atoms with Crippen molar-refractivity contribution in [1.29, 1.82) is 0 Å². The van der Waals surface area contributed by atoms with E-state index in [0.29, 0.717) is 24.6 Å². The molecule has 6 heteroatoms. The summed E-state index contributed by atoms with van der Waals surface area (Å²) in [5.74, 6) is 0.135. The van der Waals surface area contributed by atoms with Gasteiger partial charge in [0.25, 0.3) is 5.91 Å². The van der Waals surface area contributed by atoms with Gasteiger partial charge in [0, 0.05) is 13.2 Å². The molecule has 1 aromatic rings. The molecule has 0 aromatic heterocycles. The molecule has 0 heterocycles. The predicted molar refractivity (Wildman–Crippen MR) is 94.2 cm³/mol. The van der Waals surface area contributed by atoms with E-state index in [-0.39, 0.29) is 18.4 Å². The summed E-state index contributed by atoms with van der Waals surface area (Å²) < 4.78 is 10.7. The third kappa shape index (κ3) is 6.20. The molecular formula is C18H28N2O4. The zero-order valence-corrected chi connectivity index (χ0v) is 15.0. The molecule has 0 saturated carbocycles. The predicted octanol–water partition coefficient (Wildman–Crippen LogP) is 2.69. The van der Waals surface area contributed by atoms with Gasteiger partial charge in [-0.3, -0.25) is 9.59 Å². The second kappa shape index (κ2) is 10.6. The maximum atomic E-state index is 12.4. The lowest BCUT2D eigenvalue weighted by atomic mass is 10.2. The largest absolute Gasteiger partial charge is 0.495 e. The number of para-hydroxylation sites is 2. The molecule has 0 aliphatic rings. The van der Waals surface area contributed by atoms with E-state index in [1.54, 1.807) is 26.2 Å². The zero-order chi connectivity index (χ0) is 17.9. The van der Waals surface area contributed by atoms with Crippen LogP contribution in [0.15, 0.2) is 24.3 Å². The van der Waals surface area contributed by atoms with Gasteiger partial charge >= 0.3 is 0 Å². The summed E-state index contributed by atoms with van der Waals surface area (Å²) in [6.45, 7) is 6.60. The molecule has 6 nitrogen and oxygen atoms in total. The van der Waals surface area contributed by atoms with Crippen LogP contribution >= 0.6 is 0 Å². The Morgan fingerprint density at radius 2 is 1.96 bits per heavy atom. The average molecular weight is 336 g/mol. The Morgan fingerprint density at radius 1 is 1.25 bits per heavy atom. The number of unbranched alkanes of at least 4 members (excludes halogenated alkanes) is 1. The van der Waals surface area contributed by atoms with Crippen LogP contribution in [0.2, 0.25) is 0 Å². The summed E-state index contributed by atoms with van der Waals surface area (Å²) in [5.41, 5.74) is 0.584. The number of methoxy groups -OCH3 is 1. The summed E-state index contributed by atoms with van der Waals surface area (Å²) >= 11 is 0. The molecule has 2 amide bonds. The minimum Gasteiger partial charge on any atom is -0.495 e. The Morgan fingerprint density at radius 3 is 2.58 bits per heavy atom.